The summed E-state index contributed by atoms with van der Waals surface area (Å²) in [4.78, 5) is 15.9. The lowest BCUT2D eigenvalue weighted by Crippen LogP contribution is -3.00. The van der Waals surface area contributed by atoms with Crippen LogP contribution in [0.15, 0.2) is 30.3 Å². The zero-order valence-corrected chi connectivity index (χ0v) is 27.9. The van der Waals surface area contributed by atoms with Crippen LogP contribution in [-0.4, -0.2) is 61.7 Å². The highest BCUT2D eigenvalue weighted by Crippen LogP contribution is 2.53. The number of likely N-dealkylation sites (tertiary alicyclic amines) is 1. The third kappa shape index (κ3) is 5.83. The Labute approximate surface area is 269 Å². The second-order valence-corrected chi connectivity index (χ2v) is 14.8. The Balaban J connectivity index is 0.00000353. The molecule has 1 amide bonds. The zero-order valence-electron chi connectivity index (χ0n) is 25.6. The van der Waals surface area contributed by atoms with Crippen LogP contribution in [0, 0.1) is 25.2 Å². The van der Waals surface area contributed by atoms with E-state index in [-0.39, 0.29) is 23.7 Å². The van der Waals surface area contributed by atoms with Crippen LogP contribution in [0.2, 0.25) is 10.0 Å². The minimum Gasteiger partial charge on any atom is -1.00 e. The van der Waals surface area contributed by atoms with Gasteiger partial charge in [-0.15, -0.1) is 0 Å². The monoisotopic (exact) mass is 632 g/mol. The number of fused-ring (bicyclic) bond motifs is 3. The number of halogens is 3. The lowest BCUT2D eigenvalue weighted by atomic mass is 9.59. The van der Waals surface area contributed by atoms with Crippen LogP contribution in [0.5, 0.6) is 5.75 Å². The fourth-order valence-electron chi connectivity index (χ4n) is 9.24. The molecular formula is C35H47Cl3N2O2. The number of ether oxygens (including phenoxy) is 1. The van der Waals surface area contributed by atoms with Gasteiger partial charge in [0.15, 0.2) is 0 Å². The molecule has 0 aromatic heterocycles. The van der Waals surface area contributed by atoms with Crippen molar-refractivity contribution in [2.24, 2.45) is 11.3 Å². The maximum atomic E-state index is 13.8. The third-order valence-corrected chi connectivity index (χ3v) is 12.6. The molecule has 4 heterocycles. The minimum atomic E-state index is -0.108. The van der Waals surface area contributed by atoms with Crippen molar-refractivity contribution in [2.45, 2.75) is 83.5 Å². The van der Waals surface area contributed by atoms with E-state index in [0.717, 1.165) is 54.3 Å². The average Bonchev–Trinajstić information content (AvgIpc) is 3.44. The third-order valence-electron chi connectivity index (χ3n) is 11.9. The van der Waals surface area contributed by atoms with Gasteiger partial charge in [-0.2, -0.15) is 0 Å². The van der Waals surface area contributed by atoms with Gasteiger partial charge in [0.1, 0.15) is 5.75 Å². The van der Waals surface area contributed by atoms with Crippen LogP contribution in [0.4, 0.5) is 0 Å². The van der Waals surface area contributed by atoms with Crippen LogP contribution in [-0.2, 0) is 5.41 Å². The summed E-state index contributed by atoms with van der Waals surface area (Å²) in [7, 11) is 1.69. The SMILES string of the molecule is COc1c(C)cc(C(=O)N2CCC(CC[N+]34CCC(C5CCCCC5)(CC3)CC4)(c3ccc(Cl)c(Cl)c3)C2)cc1C.[Cl-]. The van der Waals surface area contributed by atoms with Crippen molar-refractivity contribution in [3.8, 4) is 5.75 Å². The van der Waals surface area contributed by atoms with E-state index in [0.29, 0.717) is 15.5 Å². The molecule has 4 aliphatic heterocycles. The van der Waals surface area contributed by atoms with E-state index in [1.807, 2.05) is 32.0 Å². The molecule has 4 nitrogen and oxygen atoms in total. The van der Waals surface area contributed by atoms with E-state index in [2.05, 4.69) is 17.0 Å². The van der Waals surface area contributed by atoms with Gasteiger partial charge >= 0.3 is 0 Å². The molecule has 0 N–H and O–H groups in total. The van der Waals surface area contributed by atoms with Crippen LogP contribution in [0.3, 0.4) is 0 Å². The second-order valence-electron chi connectivity index (χ2n) is 14.0. The normalized spacial score (nSPS) is 29.4. The van der Waals surface area contributed by atoms with Crippen molar-refractivity contribution < 1.29 is 26.4 Å². The molecule has 2 aromatic carbocycles. The predicted molar refractivity (Wildman–Crippen MR) is 168 cm³/mol. The van der Waals surface area contributed by atoms with Crippen molar-refractivity contribution in [3.63, 3.8) is 0 Å². The number of carbonyl (C=O) groups is 1. The lowest BCUT2D eigenvalue weighted by Gasteiger charge is -2.58. The van der Waals surface area contributed by atoms with Crippen LogP contribution in [0.1, 0.15) is 91.3 Å². The summed E-state index contributed by atoms with van der Waals surface area (Å²) in [6.45, 7) is 10.7. The Kier molecular flexibility index (Phi) is 9.51. The Bertz CT molecular complexity index is 1260. The average molecular weight is 634 g/mol. The van der Waals surface area contributed by atoms with Crippen LogP contribution >= 0.6 is 23.2 Å². The first-order valence-corrected chi connectivity index (χ1v) is 16.7. The predicted octanol–water partition coefficient (Wildman–Crippen LogP) is 5.38. The number of methoxy groups -OCH3 is 1. The summed E-state index contributed by atoms with van der Waals surface area (Å²) < 4.78 is 6.82. The van der Waals surface area contributed by atoms with Gasteiger partial charge < -0.3 is 26.5 Å². The first kappa shape index (κ1) is 31.9. The molecule has 1 unspecified atom stereocenters. The van der Waals surface area contributed by atoms with Crippen molar-refractivity contribution >= 4 is 29.1 Å². The van der Waals surface area contributed by atoms with E-state index in [4.69, 9.17) is 27.9 Å². The minimum absolute atomic E-state index is 0. The highest BCUT2D eigenvalue weighted by molar-refractivity contribution is 6.42. The van der Waals surface area contributed by atoms with Gasteiger partial charge in [0.2, 0.25) is 0 Å². The van der Waals surface area contributed by atoms with E-state index in [1.165, 1.54) is 87.6 Å². The fourth-order valence-corrected chi connectivity index (χ4v) is 9.54. The van der Waals surface area contributed by atoms with Gasteiger partial charge in [0.25, 0.3) is 5.91 Å². The number of carbonyl (C=O) groups excluding carboxylic acids is 1. The Morgan fingerprint density at radius 3 is 2.19 bits per heavy atom. The molecule has 1 atom stereocenters. The number of aryl methyl sites for hydroxylation is 2. The number of quaternary nitrogens is 1. The number of amides is 1. The molecule has 5 fully saturated rings. The van der Waals surface area contributed by atoms with E-state index in [9.17, 15) is 4.79 Å². The largest absolute Gasteiger partial charge is 1.00 e. The van der Waals surface area contributed by atoms with Gasteiger partial charge in [-0.3, -0.25) is 4.79 Å². The fraction of sp³-hybridized carbons (Fsp3) is 0.629. The number of hydrogen-bond donors (Lipinski definition) is 0. The highest BCUT2D eigenvalue weighted by Gasteiger charge is 2.53. The Morgan fingerprint density at radius 1 is 0.952 bits per heavy atom. The second kappa shape index (κ2) is 12.5. The molecule has 0 spiro atoms. The molecule has 5 aliphatic rings. The summed E-state index contributed by atoms with van der Waals surface area (Å²) in [5, 5.41) is 1.20. The molecule has 42 heavy (non-hydrogen) atoms. The maximum Gasteiger partial charge on any atom is 0.253 e. The maximum absolute atomic E-state index is 13.8. The van der Waals surface area contributed by atoms with Gasteiger partial charge in [-0.1, -0.05) is 48.5 Å². The summed E-state index contributed by atoms with van der Waals surface area (Å²) in [6.07, 6.45) is 13.6. The molecule has 2 bridgehead atoms. The number of rotatable bonds is 7. The van der Waals surface area contributed by atoms with Crippen molar-refractivity contribution in [2.75, 3.05) is 46.4 Å². The number of benzene rings is 2. The van der Waals surface area contributed by atoms with Crippen molar-refractivity contribution in [3.05, 3.63) is 62.6 Å². The smallest absolute Gasteiger partial charge is 0.253 e. The molecule has 7 heteroatoms. The van der Waals surface area contributed by atoms with E-state index >= 15 is 0 Å². The van der Waals surface area contributed by atoms with E-state index in [1.54, 1.807) is 7.11 Å². The molecule has 7 rings (SSSR count). The van der Waals surface area contributed by atoms with E-state index < -0.39 is 0 Å². The molecule has 2 aromatic rings. The van der Waals surface area contributed by atoms with Crippen LogP contribution in [0.25, 0.3) is 0 Å². The zero-order chi connectivity index (χ0) is 28.8. The van der Waals surface area contributed by atoms with Gasteiger partial charge in [-0.25, -0.2) is 0 Å². The van der Waals surface area contributed by atoms with Crippen LogP contribution < -0.4 is 17.1 Å². The molecule has 0 radical (unpaired) electrons. The first-order valence-electron chi connectivity index (χ1n) is 15.9. The number of hydrogen-bond acceptors (Lipinski definition) is 2. The molecule has 1 aliphatic carbocycles. The summed E-state index contributed by atoms with van der Waals surface area (Å²) in [5.41, 5.74) is 4.50. The van der Waals surface area contributed by atoms with Crippen molar-refractivity contribution in [1.29, 1.82) is 0 Å². The Hall–Kier alpha value is -1.46. The van der Waals surface area contributed by atoms with Crippen molar-refractivity contribution in [1.82, 2.24) is 4.90 Å². The topological polar surface area (TPSA) is 29.5 Å². The summed E-state index contributed by atoms with van der Waals surface area (Å²) in [6, 6.07) is 10.1. The Morgan fingerprint density at radius 2 is 1.60 bits per heavy atom. The van der Waals surface area contributed by atoms with Gasteiger partial charge in [0.05, 0.1) is 43.3 Å². The molecular weight excluding hydrogens is 587 g/mol. The number of piperidine rings is 3. The molecule has 4 saturated heterocycles. The number of nitrogens with zero attached hydrogens (tertiary/aromatic N) is 2. The first-order chi connectivity index (χ1) is 19.7. The summed E-state index contributed by atoms with van der Waals surface area (Å²) >= 11 is 12.9. The van der Waals surface area contributed by atoms with Gasteiger partial charge in [-0.05, 0) is 85.4 Å². The lowest BCUT2D eigenvalue weighted by molar-refractivity contribution is -0.946. The summed E-state index contributed by atoms with van der Waals surface area (Å²) in [5.74, 6) is 1.94. The molecule has 1 saturated carbocycles. The molecule has 230 valence electrons. The quantitative estimate of drug-likeness (QED) is 0.384. The standard InChI is InChI=1S/C35H47Cl2N2O2.ClH/c1-25-21-27(22-26(2)32(25)41-3)33(40)38-16-11-35(24-38,29-9-10-30(36)31(37)23-29)15-20-39-17-12-34(13-18-39,14-19-39)28-7-5-4-6-8-28;/h9-10,21-23,28H,4-8,11-20,24H2,1-3H3;1H/q+1;/p-1. The van der Waals surface area contributed by atoms with Gasteiger partial charge in [0, 0.05) is 49.8 Å². The highest BCUT2D eigenvalue weighted by atomic mass is 35.5.